The number of hydrogen-bond donors (Lipinski definition) is 0. The zero-order valence-corrected chi connectivity index (χ0v) is 14.3. The first-order chi connectivity index (χ1) is 10.4. The first-order valence-corrected chi connectivity index (χ1v) is 11.0. The number of benzene rings is 1. The quantitative estimate of drug-likeness (QED) is 0.458. The zero-order valence-electron chi connectivity index (χ0n) is 13.3. The van der Waals surface area contributed by atoms with E-state index in [1.807, 2.05) is 10.8 Å². The number of rotatable bonds is 6. The van der Waals surface area contributed by atoms with Crippen LogP contribution >= 0.6 is 0 Å². The average molecular weight is 316 g/mol. The van der Waals surface area contributed by atoms with Crippen molar-refractivity contribution >= 4 is 8.07 Å². The summed E-state index contributed by atoms with van der Waals surface area (Å²) in [4.78, 5) is 4.33. The molecule has 2 rings (SSSR count). The lowest BCUT2D eigenvalue weighted by molar-refractivity contribution is 0.0883. The molecule has 0 amide bonds. The Hall–Kier alpha value is -1.90. The molecule has 0 bridgehead atoms. The van der Waals surface area contributed by atoms with Crippen LogP contribution in [0, 0.1) is 18.2 Å². The summed E-state index contributed by atoms with van der Waals surface area (Å²) >= 11 is 0. The molecule has 5 heteroatoms. The summed E-state index contributed by atoms with van der Waals surface area (Å²) in [5.41, 5.74) is 1.23. The number of terminal acetylenes is 1. The van der Waals surface area contributed by atoms with Gasteiger partial charge >= 0.3 is 0 Å². The van der Waals surface area contributed by atoms with Crippen molar-refractivity contribution in [3.05, 3.63) is 42.0 Å². The molecule has 22 heavy (non-hydrogen) atoms. The lowest BCUT2D eigenvalue weighted by atomic mass is 10.1. The number of hydrogen-bond acceptors (Lipinski definition) is 2. The van der Waals surface area contributed by atoms with E-state index in [2.05, 4.69) is 30.5 Å². The third-order valence-corrected chi connectivity index (χ3v) is 5.02. The number of nitrogens with zero attached hydrogens (tertiary/aromatic N) is 2. The van der Waals surface area contributed by atoms with Gasteiger partial charge < -0.3 is 9.30 Å². The van der Waals surface area contributed by atoms with E-state index in [0.29, 0.717) is 18.1 Å². The monoisotopic (exact) mass is 316 g/mol. The van der Waals surface area contributed by atoms with Gasteiger partial charge in [-0.3, -0.25) is 0 Å². The minimum atomic E-state index is -1.10. The van der Waals surface area contributed by atoms with Gasteiger partial charge in [-0.25, -0.2) is 9.37 Å². The summed E-state index contributed by atoms with van der Waals surface area (Å²) in [7, 11) is -1.10. The maximum atomic E-state index is 13.3. The Kier molecular flexibility index (Phi) is 5.17. The summed E-state index contributed by atoms with van der Waals surface area (Å²) in [6.45, 7) is 8.10. The maximum Gasteiger partial charge on any atom is 0.143 e. The molecular formula is C17H21FN2OSi. The van der Waals surface area contributed by atoms with E-state index < -0.39 is 8.07 Å². The van der Waals surface area contributed by atoms with Crippen LogP contribution in [0.5, 0.6) is 0 Å². The number of ether oxygens (including phenoxy) is 1. The minimum Gasteiger partial charge on any atom is -0.361 e. The van der Waals surface area contributed by atoms with Gasteiger partial charge in [-0.2, -0.15) is 0 Å². The predicted molar refractivity (Wildman–Crippen MR) is 89.7 cm³/mol. The van der Waals surface area contributed by atoms with Crippen molar-refractivity contribution < 1.29 is 9.13 Å². The molecular weight excluding hydrogens is 295 g/mol. The Labute approximate surface area is 132 Å². The molecule has 0 radical (unpaired) electrons. The van der Waals surface area contributed by atoms with Crippen molar-refractivity contribution in [3.8, 4) is 23.7 Å². The highest BCUT2D eigenvalue weighted by atomic mass is 28.3. The molecule has 0 spiro atoms. The Morgan fingerprint density at radius 1 is 1.36 bits per heavy atom. The molecule has 0 N–H and O–H groups in total. The fourth-order valence-corrected chi connectivity index (χ4v) is 2.79. The van der Waals surface area contributed by atoms with Crippen molar-refractivity contribution in [1.29, 1.82) is 0 Å². The molecule has 3 nitrogen and oxygen atoms in total. The van der Waals surface area contributed by atoms with Gasteiger partial charge in [0.25, 0.3) is 0 Å². The Bertz CT molecular complexity index is 683. The lowest BCUT2D eigenvalue weighted by Crippen LogP contribution is -2.22. The molecule has 0 saturated heterocycles. The van der Waals surface area contributed by atoms with Crippen LogP contribution in [0.3, 0.4) is 0 Å². The Morgan fingerprint density at radius 3 is 2.82 bits per heavy atom. The van der Waals surface area contributed by atoms with E-state index in [-0.39, 0.29) is 5.82 Å². The largest absolute Gasteiger partial charge is 0.361 e. The van der Waals surface area contributed by atoms with E-state index in [4.69, 9.17) is 11.2 Å². The van der Waals surface area contributed by atoms with Gasteiger partial charge in [-0.05, 0) is 24.2 Å². The topological polar surface area (TPSA) is 27.1 Å². The zero-order chi connectivity index (χ0) is 16.2. The van der Waals surface area contributed by atoms with E-state index in [0.717, 1.165) is 18.2 Å². The second kappa shape index (κ2) is 6.90. The van der Waals surface area contributed by atoms with Crippen LogP contribution in [0.1, 0.15) is 5.56 Å². The number of halogens is 1. The Balaban J connectivity index is 2.12. The molecule has 0 unspecified atom stereocenters. The molecule has 0 aliphatic carbocycles. The van der Waals surface area contributed by atoms with Crippen molar-refractivity contribution in [2.75, 3.05) is 6.61 Å². The summed E-state index contributed by atoms with van der Waals surface area (Å²) in [5.74, 6) is 2.86. The molecule has 2 aromatic rings. The van der Waals surface area contributed by atoms with Crippen molar-refractivity contribution in [2.45, 2.75) is 32.4 Å². The smallest absolute Gasteiger partial charge is 0.143 e. The third kappa shape index (κ3) is 4.29. The number of aromatic nitrogens is 2. The summed E-state index contributed by atoms with van der Waals surface area (Å²) in [6.07, 6.45) is 9.00. The van der Waals surface area contributed by atoms with E-state index >= 15 is 0 Å². The molecule has 1 aromatic carbocycles. The van der Waals surface area contributed by atoms with Crippen LogP contribution in [-0.2, 0) is 11.5 Å². The molecule has 0 aliphatic rings. The first-order valence-electron chi connectivity index (χ1n) is 7.26. The molecule has 0 atom stereocenters. The standard InChI is InChI=1S/C17H21FN2OSi/c1-5-14-12-15(18)6-7-16(14)17-19-8-9-20(17)13-21-10-11-22(2,3)4/h1,6-9,12H,10-11,13H2,2-4H3. The van der Waals surface area contributed by atoms with Gasteiger partial charge in [0.1, 0.15) is 18.4 Å². The van der Waals surface area contributed by atoms with Crippen LogP contribution in [0.2, 0.25) is 25.7 Å². The van der Waals surface area contributed by atoms with Gasteiger partial charge in [0.15, 0.2) is 0 Å². The first kappa shape index (κ1) is 16.5. The molecule has 116 valence electrons. The molecule has 0 fully saturated rings. The van der Waals surface area contributed by atoms with Crippen LogP contribution in [-0.4, -0.2) is 24.2 Å². The van der Waals surface area contributed by atoms with Crippen LogP contribution in [0.4, 0.5) is 4.39 Å². The van der Waals surface area contributed by atoms with Crippen LogP contribution in [0.25, 0.3) is 11.4 Å². The van der Waals surface area contributed by atoms with Gasteiger partial charge in [0.2, 0.25) is 0 Å². The van der Waals surface area contributed by atoms with Crippen LogP contribution in [0.15, 0.2) is 30.6 Å². The van der Waals surface area contributed by atoms with Gasteiger partial charge in [-0.15, -0.1) is 6.42 Å². The highest BCUT2D eigenvalue weighted by molar-refractivity contribution is 6.76. The van der Waals surface area contributed by atoms with E-state index in [1.165, 1.54) is 12.1 Å². The van der Waals surface area contributed by atoms with Crippen LogP contribution < -0.4 is 0 Å². The molecule has 0 saturated carbocycles. The van der Waals surface area contributed by atoms with Crippen molar-refractivity contribution in [2.24, 2.45) is 0 Å². The van der Waals surface area contributed by atoms with Gasteiger partial charge in [0.05, 0.1) is 0 Å². The van der Waals surface area contributed by atoms with Crippen molar-refractivity contribution in [1.82, 2.24) is 9.55 Å². The second-order valence-electron chi connectivity index (χ2n) is 6.40. The highest BCUT2D eigenvalue weighted by Crippen LogP contribution is 2.23. The predicted octanol–water partition coefficient (Wildman–Crippen LogP) is 3.98. The molecule has 1 aromatic heterocycles. The van der Waals surface area contributed by atoms with E-state index in [1.54, 1.807) is 12.3 Å². The maximum absolute atomic E-state index is 13.3. The lowest BCUT2D eigenvalue weighted by Gasteiger charge is -2.16. The Morgan fingerprint density at radius 2 is 2.14 bits per heavy atom. The number of imidazole rings is 1. The van der Waals surface area contributed by atoms with E-state index in [9.17, 15) is 4.39 Å². The van der Waals surface area contributed by atoms with Gasteiger partial charge in [0, 0.05) is 38.2 Å². The third-order valence-electron chi connectivity index (χ3n) is 3.32. The summed E-state index contributed by atoms with van der Waals surface area (Å²) in [6, 6.07) is 5.51. The fourth-order valence-electron chi connectivity index (χ4n) is 2.03. The summed E-state index contributed by atoms with van der Waals surface area (Å²) < 4.78 is 20.9. The average Bonchev–Trinajstić information content (AvgIpc) is 2.90. The minimum absolute atomic E-state index is 0.346. The molecule has 0 aliphatic heterocycles. The second-order valence-corrected chi connectivity index (χ2v) is 12.0. The summed E-state index contributed by atoms with van der Waals surface area (Å²) in [5, 5.41) is 0. The highest BCUT2D eigenvalue weighted by Gasteiger charge is 2.13. The normalized spacial score (nSPS) is 11.4. The molecule has 1 heterocycles. The van der Waals surface area contributed by atoms with Gasteiger partial charge in [-0.1, -0.05) is 25.6 Å². The van der Waals surface area contributed by atoms with Crippen molar-refractivity contribution in [3.63, 3.8) is 0 Å². The SMILES string of the molecule is C#Cc1cc(F)ccc1-c1nccn1COCC[Si](C)(C)C. The fraction of sp³-hybridized carbons (Fsp3) is 0.353.